The van der Waals surface area contributed by atoms with Gasteiger partial charge in [-0.25, -0.2) is 0 Å². The van der Waals surface area contributed by atoms with Gasteiger partial charge in [-0.3, -0.25) is 4.90 Å². The Morgan fingerprint density at radius 3 is 2.83 bits per heavy atom. The Balaban J connectivity index is 1.83. The van der Waals surface area contributed by atoms with Crippen LogP contribution in [-0.4, -0.2) is 37.2 Å². The first kappa shape index (κ1) is 8.55. The number of hydrogen-bond acceptors (Lipinski definition) is 2. The topological polar surface area (TPSA) is 12.5 Å². The van der Waals surface area contributed by atoms with Crippen molar-refractivity contribution in [2.75, 3.05) is 26.3 Å². The molecular formula is C9H12BrNO. The highest BCUT2D eigenvalue weighted by molar-refractivity contribution is 9.12. The van der Waals surface area contributed by atoms with Gasteiger partial charge in [-0.1, -0.05) is 5.92 Å². The Hall–Kier alpha value is -0.0400. The summed E-state index contributed by atoms with van der Waals surface area (Å²) in [7, 11) is 0. The predicted molar refractivity (Wildman–Crippen MR) is 51.0 cm³/mol. The maximum Gasteiger partial charge on any atom is 0.0645 e. The van der Waals surface area contributed by atoms with Gasteiger partial charge >= 0.3 is 0 Å². The molecule has 2 aliphatic rings. The fourth-order valence-corrected chi connectivity index (χ4v) is 2.07. The minimum Gasteiger partial charge on any atom is -0.378 e. The zero-order valence-electron chi connectivity index (χ0n) is 6.92. The third-order valence-electron chi connectivity index (χ3n) is 2.62. The summed E-state index contributed by atoms with van der Waals surface area (Å²) in [6, 6.07) is 0.687. The van der Waals surface area contributed by atoms with E-state index in [0.29, 0.717) is 12.0 Å². The van der Waals surface area contributed by atoms with Gasteiger partial charge in [0.15, 0.2) is 0 Å². The lowest BCUT2D eigenvalue weighted by Crippen LogP contribution is -2.47. The summed E-state index contributed by atoms with van der Waals surface area (Å²) in [6.07, 6.45) is 1.22. The van der Waals surface area contributed by atoms with Crippen LogP contribution in [0.5, 0.6) is 0 Å². The Morgan fingerprint density at radius 1 is 1.42 bits per heavy atom. The largest absolute Gasteiger partial charge is 0.378 e. The molecule has 0 amide bonds. The van der Waals surface area contributed by atoms with Crippen LogP contribution in [0.3, 0.4) is 0 Å². The first-order chi connectivity index (χ1) is 5.90. The zero-order chi connectivity index (χ0) is 8.39. The molecule has 2 rings (SSSR count). The molecule has 2 nitrogen and oxygen atoms in total. The van der Waals surface area contributed by atoms with Crippen molar-refractivity contribution < 1.29 is 4.74 Å². The molecule has 0 radical (unpaired) electrons. The Labute approximate surface area is 81.4 Å². The summed E-state index contributed by atoms with van der Waals surface area (Å²) < 4.78 is 5.16. The van der Waals surface area contributed by atoms with E-state index in [1.54, 1.807) is 0 Å². The first-order valence-corrected chi connectivity index (χ1v) is 5.12. The number of ether oxygens (including phenoxy) is 1. The van der Waals surface area contributed by atoms with E-state index >= 15 is 0 Å². The zero-order valence-corrected chi connectivity index (χ0v) is 8.51. The van der Waals surface area contributed by atoms with Crippen molar-refractivity contribution in [3.8, 4) is 10.8 Å². The first-order valence-electron chi connectivity index (χ1n) is 4.33. The van der Waals surface area contributed by atoms with E-state index < -0.39 is 0 Å². The molecule has 0 aliphatic carbocycles. The Morgan fingerprint density at radius 2 is 2.25 bits per heavy atom. The van der Waals surface area contributed by atoms with Gasteiger partial charge in [0.25, 0.3) is 0 Å². The molecule has 2 saturated heterocycles. The fourth-order valence-electron chi connectivity index (χ4n) is 1.75. The average Bonchev–Trinajstić information content (AvgIpc) is 2.34. The van der Waals surface area contributed by atoms with Crippen LogP contribution in [0.1, 0.15) is 6.42 Å². The molecule has 1 atom stereocenters. The van der Waals surface area contributed by atoms with E-state index in [1.807, 2.05) is 0 Å². The molecular weight excluding hydrogens is 218 g/mol. The molecule has 0 aromatic carbocycles. The second-order valence-corrected chi connectivity index (χ2v) is 3.81. The van der Waals surface area contributed by atoms with E-state index in [2.05, 4.69) is 31.6 Å². The molecule has 3 heteroatoms. The third kappa shape index (κ3) is 1.66. The highest BCUT2D eigenvalue weighted by Crippen LogP contribution is 2.21. The quantitative estimate of drug-likeness (QED) is 0.624. The van der Waals surface area contributed by atoms with Crippen LogP contribution in [0.4, 0.5) is 0 Å². The van der Waals surface area contributed by atoms with Gasteiger partial charge in [0, 0.05) is 28.4 Å². The number of halogens is 1. The van der Waals surface area contributed by atoms with Crippen molar-refractivity contribution in [3.63, 3.8) is 0 Å². The lowest BCUT2D eigenvalue weighted by molar-refractivity contribution is -0.0575. The average molecular weight is 230 g/mol. The van der Waals surface area contributed by atoms with Crippen LogP contribution in [0.25, 0.3) is 0 Å². The van der Waals surface area contributed by atoms with Crippen molar-refractivity contribution >= 4 is 15.9 Å². The molecule has 0 aromatic heterocycles. The third-order valence-corrected chi connectivity index (χ3v) is 2.84. The van der Waals surface area contributed by atoms with E-state index in [1.165, 1.54) is 13.0 Å². The highest BCUT2D eigenvalue weighted by atomic mass is 79.9. The van der Waals surface area contributed by atoms with Crippen molar-refractivity contribution in [2.45, 2.75) is 12.5 Å². The molecule has 0 aromatic rings. The van der Waals surface area contributed by atoms with Crippen molar-refractivity contribution in [1.82, 2.24) is 4.90 Å². The van der Waals surface area contributed by atoms with E-state index in [-0.39, 0.29) is 0 Å². The van der Waals surface area contributed by atoms with E-state index in [4.69, 9.17) is 4.74 Å². The Kier molecular flexibility index (Phi) is 2.69. The fraction of sp³-hybridized carbons (Fsp3) is 0.778. The van der Waals surface area contributed by atoms with E-state index in [9.17, 15) is 0 Å². The SMILES string of the molecule is BrC#C[C@@H]1CCN(C2COC2)C1. The maximum atomic E-state index is 5.16. The molecule has 0 saturated carbocycles. The van der Waals surface area contributed by atoms with Gasteiger partial charge in [-0.2, -0.15) is 0 Å². The van der Waals surface area contributed by atoms with Crippen molar-refractivity contribution in [3.05, 3.63) is 0 Å². The summed E-state index contributed by atoms with van der Waals surface area (Å²) in [5.74, 6) is 3.74. The second kappa shape index (κ2) is 3.78. The van der Waals surface area contributed by atoms with Crippen molar-refractivity contribution in [2.24, 2.45) is 5.92 Å². The van der Waals surface area contributed by atoms with Crippen LogP contribution in [-0.2, 0) is 4.74 Å². The maximum absolute atomic E-state index is 5.16. The van der Waals surface area contributed by atoms with Crippen LogP contribution in [0.15, 0.2) is 0 Å². The van der Waals surface area contributed by atoms with Crippen molar-refractivity contribution in [1.29, 1.82) is 0 Å². The van der Waals surface area contributed by atoms with Gasteiger partial charge in [0.2, 0.25) is 0 Å². The van der Waals surface area contributed by atoms with Crippen LogP contribution < -0.4 is 0 Å². The smallest absolute Gasteiger partial charge is 0.0645 e. The molecule has 0 unspecified atom stereocenters. The number of likely N-dealkylation sites (tertiary alicyclic amines) is 1. The molecule has 66 valence electrons. The van der Waals surface area contributed by atoms with Crippen LogP contribution in [0.2, 0.25) is 0 Å². The highest BCUT2D eigenvalue weighted by Gasteiger charge is 2.31. The van der Waals surface area contributed by atoms with Crippen LogP contribution >= 0.6 is 15.9 Å². The molecule has 2 heterocycles. The van der Waals surface area contributed by atoms with Gasteiger partial charge in [-0.15, -0.1) is 0 Å². The lowest BCUT2D eigenvalue weighted by atomic mass is 10.1. The van der Waals surface area contributed by atoms with Crippen LogP contribution in [0, 0.1) is 16.7 Å². The number of rotatable bonds is 1. The van der Waals surface area contributed by atoms with Gasteiger partial charge in [0.05, 0.1) is 19.3 Å². The van der Waals surface area contributed by atoms with Gasteiger partial charge in [0.1, 0.15) is 0 Å². The molecule has 12 heavy (non-hydrogen) atoms. The summed E-state index contributed by atoms with van der Waals surface area (Å²) in [6.45, 7) is 4.18. The predicted octanol–water partition coefficient (Wildman–Crippen LogP) is 1.06. The molecule has 0 bridgehead atoms. The summed E-state index contributed by atoms with van der Waals surface area (Å²) in [4.78, 5) is 5.30. The molecule has 0 spiro atoms. The minimum absolute atomic E-state index is 0.574. The normalized spacial score (nSPS) is 30.9. The number of nitrogens with zero attached hydrogens (tertiary/aromatic N) is 1. The lowest BCUT2D eigenvalue weighted by Gasteiger charge is -2.34. The monoisotopic (exact) mass is 229 g/mol. The minimum atomic E-state index is 0.574. The van der Waals surface area contributed by atoms with Gasteiger partial charge in [-0.05, 0) is 17.8 Å². The number of hydrogen-bond donors (Lipinski definition) is 0. The van der Waals surface area contributed by atoms with E-state index in [0.717, 1.165) is 19.8 Å². The second-order valence-electron chi connectivity index (χ2n) is 3.41. The molecule has 2 aliphatic heterocycles. The summed E-state index contributed by atoms with van der Waals surface area (Å²) in [5.41, 5.74) is 0. The standard InChI is InChI=1S/C9H12BrNO/c10-3-1-8-2-4-11(5-8)9-6-12-7-9/h8-9H,2,4-7H2/t8-/m1/s1. The van der Waals surface area contributed by atoms with Gasteiger partial charge < -0.3 is 4.74 Å². The molecule has 2 fully saturated rings. The summed E-state index contributed by atoms with van der Waals surface area (Å²) in [5, 5.41) is 0. The molecule has 0 N–H and O–H groups in total. The Bertz CT molecular complexity index is 216. The summed E-state index contributed by atoms with van der Waals surface area (Å²) >= 11 is 3.14.